The molecule has 1 aliphatic heterocycles. The number of anilines is 2. The van der Waals surface area contributed by atoms with Crippen LogP contribution in [-0.4, -0.2) is 23.1 Å². The number of hydrogen-bond donors (Lipinski definition) is 1. The molecule has 0 radical (unpaired) electrons. The molecule has 0 aliphatic carbocycles. The third kappa shape index (κ3) is 2.96. The van der Waals surface area contributed by atoms with E-state index in [1.807, 2.05) is 12.1 Å². The third-order valence-electron chi connectivity index (χ3n) is 3.92. The van der Waals surface area contributed by atoms with Crippen LogP contribution in [0.25, 0.3) is 11.3 Å². The highest BCUT2D eigenvalue weighted by molar-refractivity contribution is 5.64. The van der Waals surface area contributed by atoms with Gasteiger partial charge in [-0.1, -0.05) is 13.0 Å². The maximum atomic E-state index is 14.4. The molecule has 0 bridgehead atoms. The highest BCUT2D eigenvalue weighted by Gasteiger charge is 2.19. The van der Waals surface area contributed by atoms with Gasteiger partial charge in [-0.05, 0) is 37.0 Å². The number of hydrogen-bond acceptors (Lipinski definition) is 4. The molecule has 0 unspecified atom stereocenters. The van der Waals surface area contributed by atoms with Crippen LogP contribution in [0.15, 0.2) is 30.5 Å². The van der Waals surface area contributed by atoms with Crippen LogP contribution in [0.2, 0.25) is 0 Å². The maximum Gasteiger partial charge on any atom is 0.220 e. The van der Waals surface area contributed by atoms with Crippen LogP contribution in [-0.2, 0) is 0 Å². The summed E-state index contributed by atoms with van der Waals surface area (Å²) >= 11 is 0. The predicted octanol–water partition coefficient (Wildman–Crippen LogP) is 3.10. The van der Waals surface area contributed by atoms with Crippen molar-refractivity contribution in [1.82, 2.24) is 9.97 Å². The second-order valence-corrected chi connectivity index (χ2v) is 5.66. The summed E-state index contributed by atoms with van der Waals surface area (Å²) in [7, 11) is 0. The standard InChI is InChI=1S/C16H19FN4/c1-11-3-2-8-21(10-11)15-5-4-12(9-13(15)17)14-6-7-19-16(18)20-14/h4-7,9,11H,2-3,8,10H2,1H3,(H2,18,19,20)/t11-/m1/s1. The minimum absolute atomic E-state index is 0.196. The van der Waals surface area contributed by atoms with Crippen molar-refractivity contribution in [2.75, 3.05) is 23.7 Å². The molecule has 1 fully saturated rings. The fourth-order valence-corrected chi connectivity index (χ4v) is 2.87. The van der Waals surface area contributed by atoms with E-state index in [4.69, 9.17) is 5.73 Å². The lowest BCUT2D eigenvalue weighted by Crippen LogP contribution is -2.34. The second kappa shape index (κ2) is 5.68. The summed E-state index contributed by atoms with van der Waals surface area (Å²) in [5.74, 6) is 0.597. The average Bonchev–Trinajstić information content (AvgIpc) is 2.47. The van der Waals surface area contributed by atoms with E-state index >= 15 is 0 Å². The summed E-state index contributed by atoms with van der Waals surface area (Å²) in [5.41, 5.74) is 7.60. The molecular formula is C16H19FN4. The monoisotopic (exact) mass is 286 g/mol. The van der Waals surface area contributed by atoms with E-state index < -0.39 is 0 Å². The van der Waals surface area contributed by atoms with E-state index in [1.165, 1.54) is 12.5 Å². The molecule has 110 valence electrons. The number of piperidine rings is 1. The van der Waals surface area contributed by atoms with Crippen LogP contribution in [0.5, 0.6) is 0 Å². The minimum atomic E-state index is -0.209. The van der Waals surface area contributed by atoms with Gasteiger partial charge in [0, 0.05) is 24.8 Å². The average molecular weight is 286 g/mol. The highest BCUT2D eigenvalue weighted by Crippen LogP contribution is 2.28. The van der Waals surface area contributed by atoms with E-state index in [1.54, 1.807) is 12.3 Å². The molecule has 2 aromatic rings. The zero-order valence-corrected chi connectivity index (χ0v) is 12.1. The van der Waals surface area contributed by atoms with Crippen molar-refractivity contribution in [2.24, 2.45) is 5.92 Å². The molecular weight excluding hydrogens is 267 g/mol. The minimum Gasteiger partial charge on any atom is -0.369 e. The van der Waals surface area contributed by atoms with Gasteiger partial charge in [0.2, 0.25) is 5.95 Å². The fraction of sp³-hybridized carbons (Fsp3) is 0.375. The molecule has 4 nitrogen and oxygen atoms in total. The molecule has 2 N–H and O–H groups in total. The van der Waals surface area contributed by atoms with Crippen LogP contribution >= 0.6 is 0 Å². The Balaban J connectivity index is 1.89. The summed E-state index contributed by atoms with van der Waals surface area (Å²) in [6, 6.07) is 6.98. The highest BCUT2D eigenvalue weighted by atomic mass is 19.1. The van der Waals surface area contributed by atoms with Gasteiger partial charge in [-0.2, -0.15) is 0 Å². The molecule has 5 heteroatoms. The van der Waals surface area contributed by atoms with E-state index in [-0.39, 0.29) is 11.8 Å². The number of rotatable bonds is 2. The fourth-order valence-electron chi connectivity index (χ4n) is 2.87. The second-order valence-electron chi connectivity index (χ2n) is 5.66. The first-order chi connectivity index (χ1) is 10.1. The predicted molar refractivity (Wildman–Crippen MR) is 82.4 cm³/mol. The third-order valence-corrected chi connectivity index (χ3v) is 3.92. The molecule has 1 aromatic carbocycles. The normalized spacial score (nSPS) is 18.8. The first-order valence-electron chi connectivity index (χ1n) is 7.27. The zero-order chi connectivity index (χ0) is 14.8. The number of benzene rings is 1. The van der Waals surface area contributed by atoms with Crippen LogP contribution in [0, 0.1) is 11.7 Å². The van der Waals surface area contributed by atoms with Gasteiger partial charge >= 0.3 is 0 Å². The number of halogens is 1. The van der Waals surface area contributed by atoms with Gasteiger partial charge in [-0.25, -0.2) is 14.4 Å². The molecule has 1 aromatic heterocycles. The molecule has 0 saturated carbocycles. The molecule has 1 atom stereocenters. The quantitative estimate of drug-likeness (QED) is 0.921. The smallest absolute Gasteiger partial charge is 0.220 e. The SMILES string of the molecule is C[C@@H]1CCCN(c2ccc(-c3ccnc(N)n3)cc2F)C1. The number of nitrogens with zero attached hydrogens (tertiary/aromatic N) is 3. The van der Waals surface area contributed by atoms with Crippen LogP contribution < -0.4 is 10.6 Å². The van der Waals surface area contributed by atoms with Gasteiger partial charge in [0.05, 0.1) is 11.4 Å². The lowest BCUT2D eigenvalue weighted by molar-refractivity contribution is 0.442. The first kappa shape index (κ1) is 13.8. The van der Waals surface area contributed by atoms with Gasteiger partial charge < -0.3 is 10.6 Å². The van der Waals surface area contributed by atoms with Crippen molar-refractivity contribution in [3.63, 3.8) is 0 Å². The largest absolute Gasteiger partial charge is 0.369 e. The van der Waals surface area contributed by atoms with E-state index in [0.29, 0.717) is 17.3 Å². The van der Waals surface area contributed by atoms with Gasteiger partial charge in [0.15, 0.2) is 0 Å². The Morgan fingerprint density at radius 1 is 1.33 bits per heavy atom. The van der Waals surface area contributed by atoms with Crippen LogP contribution in [0.3, 0.4) is 0 Å². The first-order valence-corrected chi connectivity index (χ1v) is 7.27. The Morgan fingerprint density at radius 2 is 2.19 bits per heavy atom. The van der Waals surface area contributed by atoms with E-state index in [2.05, 4.69) is 21.8 Å². The summed E-state index contributed by atoms with van der Waals surface area (Å²) in [6.07, 6.45) is 3.91. The molecule has 0 amide bonds. The summed E-state index contributed by atoms with van der Waals surface area (Å²) in [5, 5.41) is 0. The van der Waals surface area contributed by atoms with Crippen molar-refractivity contribution in [3.05, 3.63) is 36.3 Å². The zero-order valence-electron chi connectivity index (χ0n) is 12.1. The molecule has 2 heterocycles. The van der Waals surface area contributed by atoms with Crippen molar-refractivity contribution in [1.29, 1.82) is 0 Å². The molecule has 1 saturated heterocycles. The Labute approximate surface area is 123 Å². The summed E-state index contributed by atoms with van der Waals surface area (Å²) in [6.45, 7) is 4.04. The molecule has 1 aliphatic rings. The van der Waals surface area contributed by atoms with Gasteiger partial charge in [-0.15, -0.1) is 0 Å². The maximum absolute atomic E-state index is 14.4. The Kier molecular flexibility index (Phi) is 3.73. The van der Waals surface area contributed by atoms with Crippen molar-refractivity contribution >= 4 is 11.6 Å². The molecule has 3 rings (SSSR count). The Morgan fingerprint density at radius 3 is 2.90 bits per heavy atom. The van der Waals surface area contributed by atoms with Crippen molar-refractivity contribution in [3.8, 4) is 11.3 Å². The van der Waals surface area contributed by atoms with Crippen molar-refractivity contribution < 1.29 is 4.39 Å². The molecule has 21 heavy (non-hydrogen) atoms. The van der Waals surface area contributed by atoms with E-state index in [0.717, 1.165) is 25.1 Å². The lowest BCUT2D eigenvalue weighted by atomic mass is 9.99. The molecule has 0 spiro atoms. The van der Waals surface area contributed by atoms with Crippen LogP contribution in [0.1, 0.15) is 19.8 Å². The number of nitrogens with two attached hydrogens (primary N) is 1. The number of nitrogen functional groups attached to an aromatic ring is 1. The van der Waals surface area contributed by atoms with E-state index in [9.17, 15) is 4.39 Å². The Bertz CT molecular complexity index is 644. The van der Waals surface area contributed by atoms with Gasteiger partial charge in [0.25, 0.3) is 0 Å². The van der Waals surface area contributed by atoms with Crippen LogP contribution in [0.4, 0.5) is 16.0 Å². The summed E-state index contributed by atoms with van der Waals surface area (Å²) < 4.78 is 14.4. The van der Waals surface area contributed by atoms with Crippen molar-refractivity contribution in [2.45, 2.75) is 19.8 Å². The lowest BCUT2D eigenvalue weighted by Gasteiger charge is -2.33. The summed E-state index contributed by atoms with van der Waals surface area (Å²) in [4.78, 5) is 10.1. The topological polar surface area (TPSA) is 55.0 Å². The number of aromatic nitrogens is 2. The van der Waals surface area contributed by atoms with Gasteiger partial charge in [0.1, 0.15) is 5.82 Å². The van der Waals surface area contributed by atoms with Gasteiger partial charge in [-0.3, -0.25) is 0 Å². The Hall–Kier alpha value is -2.17.